The van der Waals surface area contributed by atoms with Crippen molar-refractivity contribution in [1.82, 2.24) is 4.98 Å². The van der Waals surface area contributed by atoms with Crippen LogP contribution in [0.5, 0.6) is 5.75 Å². The molecule has 15 heavy (non-hydrogen) atoms. The molecule has 2 rings (SSSR count). The van der Waals surface area contributed by atoms with Gasteiger partial charge >= 0.3 is 0 Å². The second kappa shape index (κ2) is 3.71. The van der Waals surface area contributed by atoms with Gasteiger partial charge in [-0.15, -0.1) is 0 Å². The van der Waals surface area contributed by atoms with Crippen LogP contribution in [0.4, 0.5) is 0 Å². The summed E-state index contributed by atoms with van der Waals surface area (Å²) in [6.45, 7) is 0. The van der Waals surface area contributed by atoms with Crippen molar-refractivity contribution >= 4 is 23.5 Å². The third-order valence-electron chi connectivity index (χ3n) is 2.11. The maximum atomic E-state index is 8.80. The van der Waals surface area contributed by atoms with E-state index in [2.05, 4.69) is 4.98 Å². The lowest BCUT2D eigenvalue weighted by Crippen LogP contribution is -1.90. The molecule has 0 amide bonds. The minimum atomic E-state index is 0.332. The zero-order valence-electron chi connectivity index (χ0n) is 8.02. The van der Waals surface area contributed by atoms with E-state index < -0.39 is 0 Å². The molecule has 1 aromatic heterocycles. The second-order valence-electron chi connectivity index (χ2n) is 3.01. The molecule has 4 heteroatoms. The molecule has 0 spiro atoms. The van der Waals surface area contributed by atoms with Crippen LogP contribution in [-0.4, -0.2) is 12.1 Å². The number of methoxy groups -OCH3 is 1. The van der Waals surface area contributed by atoms with E-state index in [-0.39, 0.29) is 0 Å². The maximum absolute atomic E-state index is 8.80. The zero-order valence-corrected chi connectivity index (χ0v) is 8.84. The van der Waals surface area contributed by atoms with Gasteiger partial charge < -0.3 is 17.4 Å². The highest BCUT2D eigenvalue weighted by molar-refractivity contribution is 7.58. The fraction of sp³-hybridized carbons (Fsp3) is 0.0909. The first-order valence-electron chi connectivity index (χ1n) is 4.30. The number of benzene rings is 1. The van der Waals surface area contributed by atoms with Crippen molar-refractivity contribution in [3.8, 4) is 11.8 Å². The van der Waals surface area contributed by atoms with Gasteiger partial charge in [-0.3, -0.25) is 4.98 Å². The molecule has 3 nitrogen and oxygen atoms in total. The van der Waals surface area contributed by atoms with E-state index >= 15 is 0 Å². The number of ether oxygens (including phenoxy) is 1. The number of aromatic nitrogens is 1. The van der Waals surface area contributed by atoms with Crippen molar-refractivity contribution < 1.29 is 4.74 Å². The molecule has 0 fully saturated rings. The van der Waals surface area contributed by atoms with Gasteiger partial charge in [0.05, 0.1) is 24.3 Å². The number of hydrogen-bond acceptors (Lipinski definition) is 4. The lowest BCUT2D eigenvalue weighted by atomic mass is 10.1. The van der Waals surface area contributed by atoms with Gasteiger partial charge in [-0.2, -0.15) is 5.26 Å². The quantitative estimate of drug-likeness (QED) is 0.683. The maximum Gasteiger partial charge on any atom is 0.121 e. The fourth-order valence-electron chi connectivity index (χ4n) is 1.34. The largest absolute Gasteiger partial charge is 0.759 e. The van der Waals surface area contributed by atoms with Crippen molar-refractivity contribution in [2.75, 3.05) is 7.11 Å². The molecule has 0 unspecified atom stereocenters. The fourth-order valence-corrected chi connectivity index (χ4v) is 1.54. The lowest BCUT2D eigenvalue weighted by Gasteiger charge is -2.09. The van der Waals surface area contributed by atoms with Crippen molar-refractivity contribution in [2.45, 2.75) is 5.03 Å². The highest BCUT2D eigenvalue weighted by Gasteiger charge is 2.00. The van der Waals surface area contributed by atoms with Crippen molar-refractivity contribution in [3.63, 3.8) is 0 Å². The van der Waals surface area contributed by atoms with E-state index in [1.54, 1.807) is 19.2 Å². The lowest BCUT2D eigenvalue weighted by molar-refractivity contribution is 0.415. The first-order valence-corrected chi connectivity index (χ1v) is 4.71. The molecule has 74 valence electrons. The van der Waals surface area contributed by atoms with Crippen LogP contribution in [0.1, 0.15) is 5.56 Å². The zero-order chi connectivity index (χ0) is 10.8. The molecule has 0 atom stereocenters. The molecular formula is C11H7N2OS-. The van der Waals surface area contributed by atoms with Gasteiger partial charge in [-0.1, -0.05) is 5.03 Å². The number of nitrogens with zero attached hydrogens (tertiary/aromatic N) is 2. The Morgan fingerprint density at radius 1 is 1.40 bits per heavy atom. The van der Waals surface area contributed by atoms with E-state index in [0.717, 1.165) is 16.7 Å². The van der Waals surface area contributed by atoms with Crippen molar-refractivity contribution in [2.24, 2.45) is 0 Å². The van der Waals surface area contributed by atoms with Crippen LogP contribution in [-0.2, 0) is 12.6 Å². The van der Waals surface area contributed by atoms with E-state index in [0.29, 0.717) is 10.6 Å². The van der Waals surface area contributed by atoms with Crippen molar-refractivity contribution in [1.29, 1.82) is 5.26 Å². The Hall–Kier alpha value is -1.86. The van der Waals surface area contributed by atoms with Crippen LogP contribution in [0.2, 0.25) is 0 Å². The molecule has 1 aromatic carbocycles. The Morgan fingerprint density at radius 3 is 2.87 bits per heavy atom. The minimum Gasteiger partial charge on any atom is -0.759 e. The molecular weight excluding hydrogens is 208 g/mol. The average molecular weight is 215 g/mol. The Bertz CT molecular complexity index is 560. The van der Waals surface area contributed by atoms with E-state index in [1.165, 1.54) is 0 Å². The van der Waals surface area contributed by atoms with Gasteiger partial charge in [0.2, 0.25) is 0 Å². The van der Waals surface area contributed by atoms with Crippen LogP contribution in [0.25, 0.3) is 10.9 Å². The van der Waals surface area contributed by atoms with Crippen LogP contribution in [0.15, 0.2) is 29.3 Å². The Kier molecular flexibility index (Phi) is 2.40. The molecule has 0 saturated heterocycles. The SMILES string of the molecule is COc1ccc2cc(C#N)c([S-])nc2c1. The van der Waals surface area contributed by atoms with E-state index in [1.807, 2.05) is 18.2 Å². The summed E-state index contributed by atoms with van der Waals surface area (Å²) in [5.74, 6) is 0.731. The standard InChI is InChI=1S/C11H8N2OS/c1-14-9-3-2-7-4-8(6-12)11(15)13-10(7)5-9/h2-5H,1H3,(H,13,15)/p-1. The highest BCUT2D eigenvalue weighted by Crippen LogP contribution is 2.21. The molecule has 0 bridgehead atoms. The summed E-state index contributed by atoms with van der Waals surface area (Å²) in [6, 6.07) is 9.24. The minimum absolute atomic E-state index is 0.332. The molecule has 0 radical (unpaired) electrons. The number of hydrogen-bond donors (Lipinski definition) is 0. The van der Waals surface area contributed by atoms with Gasteiger partial charge in [0, 0.05) is 11.5 Å². The van der Waals surface area contributed by atoms with Gasteiger partial charge in [0.15, 0.2) is 0 Å². The predicted molar refractivity (Wildman–Crippen MR) is 58.6 cm³/mol. The van der Waals surface area contributed by atoms with Gasteiger partial charge in [0.1, 0.15) is 5.75 Å². The molecule has 0 aliphatic rings. The van der Waals surface area contributed by atoms with Crippen LogP contribution in [0, 0.1) is 11.3 Å². The third kappa shape index (κ3) is 1.69. The smallest absolute Gasteiger partial charge is 0.121 e. The van der Waals surface area contributed by atoms with Gasteiger partial charge in [-0.05, 0) is 18.2 Å². The molecule has 2 aromatic rings. The van der Waals surface area contributed by atoms with Gasteiger partial charge in [-0.25, -0.2) is 0 Å². The second-order valence-corrected chi connectivity index (χ2v) is 3.40. The number of nitriles is 1. The number of fused-ring (bicyclic) bond motifs is 1. The third-order valence-corrected chi connectivity index (χ3v) is 2.42. The normalized spacial score (nSPS) is 9.87. The molecule has 0 aliphatic carbocycles. The monoisotopic (exact) mass is 215 g/mol. The summed E-state index contributed by atoms with van der Waals surface area (Å²) in [5, 5.41) is 10.0. The number of pyridine rings is 1. The van der Waals surface area contributed by atoms with Crippen molar-refractivity contribution in [3.05, 3.63) is 29.8 Å². The summed E-state index contributed by atoms with van der Waals surface area (Å²) in [6.07, 6.45) is 0. The number of rotatable bonds is 1. The molecule has 0 N–H and O–H groups in total. The first-order chi connectivity index (χ1) is 7.24. The van der Waals surface area contributed by atoms with Gasteiger partial charge in [0.25, 0.3) is 0 Å². The summed E-state index contributed by atoms with van der Waals surface area (Å²) in [5.41, 5.74) is 1.18. The Morgan fingerprint density at radius 2 is 2.20 bits per heavy atom. The molecule has 1 heterocycles. The summed E-state index contributed by atoms with van der Waals surface area (Å²) in [4.78, 5) is 4.17. The highest BCUT2D eigenvalue weighted by atomic mass is 32.1. The van der Waals surface area contributed by atoms with Crippen LogP contribution in [0.3, 0.4) is 0 Å². The topological polar surface area (TPSA) is 45.9 Å². The first kappa shape index (κ1) is 9.69. The molecule has 0 saturated carbocycles. The average Bonchev–Trinajstić information content (AvgIpc) is 2.27. The summed E-state index contributed by atoms with van der Waals surface area (Å²) in [7, 11) is 1.60. The van der Waals surface area contributed by atoms with E-state index in [4.69, 9.17) is 22.6 Å². The Balaban J connectivity index is 2.71. The van der Waals surface area contributed by atoms with Crippen LogP contribution < -0.4 is 4.74 Å². The van der Waals surface area contributed by atoms with Crippen LogP contribution >= 0.6 is 0 Å². The predicted octanol–water partition coefficient (Wildman–Crippen LogP) is 2.02. The Labute approximate surface area is 92.7 Å². The molecule has 0 aliphatic heterocycles. The summed E-state index contributed by atoms with van der Waals surface area (Å²) >= 11 is 4.98. The summed E-state index contributed by atoms with van der Waals surface area (Å²) < 4.78 is 5.08. The van der Waals surface area contributed by atoms with E-state index in [9.17, 15) is 0 Å².